The molecule has 1 aliphatic rings. The zero-order valence-corrected chi connectivity index (χ0v) is 11.6. The van der Waals surface area contributed by atoms with E-state index in [1.165, 1.54) is 13.8 Å². The van der Waals surface area contributed by atoms with Crippen molar-refractivity contribution in [3.05, 3.63) is 0 Å². The van der Waals surface area contributed by atoms with E-state index in [9.17, 15) is 9.59 Å². The molecule has 0 bridgehead atoms. The van der Waals surface area contributed by atoms with Crippen LogP contribution in [0.3, 0.4) is 0 Å². The lowest BCUT2D eigenvalue weighted by atomic mass is 9.87. The second kappa shape index (κ2) is 6.18. The molecule has 5 heteroatoms. The molecule has 3 unspecified atom stereocenters. The van der Waals surface area contributed by atoms with E-state index in [0.29, 0.717) is 6.42 Å². The Kier molecular flexibility index (Phi) is 5.14. The Bertz CT molecular complexity index is 299. The second-order valence-corrected chi connectivity index (χ2v) is 4.80. The van der Waals surface area contributed by atoms with Crippen molar-refractivity contribution in [1.29, 1.82) is 0 Å². The molecule has 5 atom stereocenters. The molecule has 5 nitrogen and oxygen atoms in total. The van der Waals surface area contributed by atoms with Gasteiger partial charge in [-0.1, -0.05) is 13.8 Å². The Balaban J connectivity index is 2.92. The van der Waals surface area contributed by atoms with Gasteiger partial charge in [0, 0.05) is 19.8 Å². The smallest absolute Gasteiger partial charge is 0.303 e. The molecule has 18 heavy (non-hydrogen) atoms. The van der Waals surface area contributed by atoms with Gasteiger partial charge in [0.05, 0.1) is 12.2 Å². The summed E-state index contributed by atoms with van der Waals surface area (Å²) in [5, 5.41) is 0. The van der Waals surface area contributed by atoms with E-state index < -0.39 is 12.2 Å². The third-order valence-electron chi connectivity index (χ3n) is 3.34. The van der Waals surface area contributed by atoms with Crippen LogP contribution in [0.5, 0.6) is 0 Å². The van der Waals surface area contributed by atoms with Crippen LogP contribution in [0.1, 0.15) is 41.0 Å². The molecule has 104 valence electrons. The van der Waals surface area contributed by atoms with Crippen molar-refractivity contribution in [3.8, 4) is 0 Å². The van der Waals surface area contributed by atoms with Crippen LogP contribution in [0, 0.1) is 5.92 Å². The molecule has 0 aromatic carbocycles. The number of hydrogen-bond donors (Lipinski definition) is 0. The van der Waals surface area contributed by atoms with Gasteiger partial charge in [-0.3, -0.25) is 9.59 Å². The molecule has 1 fully saturated rings. The summed E-state index contributed by atoms with van der Waals surface area (Å²) in [6.07, 6.45) is -0.537. The minimum Gasteiger partial charge on any atom is -0.458 e. The summed E-state index contributed by atoms with van der Waals surface area (Å²) < 4.78 is 16.4. The summed E-state index contributed by atoms with van der Waals surface area (Å²) in [6.45, 7) is 8.53. The summed E-state index contributed by atoms with van der Waals surface area (Å²) in [5.74, 6) is -0.769. The van der Waals surface area contributed by atoms with Crippen LogP contribution in [0.4, 0.5) is 0 Å². The van der Waals surface area contributed by atoms with Crippen LogP contribution >= 0.6 is 0 Å². The molecule has 0 aromatic rings. The van der Waals surface area contributed by atoms with Crippen molar-refractivity contribution in [2.75, 3.05) is 0 Å². The maximum Gasteiger partial charge on any atom is 0.303 e. The Labute approximate surface area is 108 Å². The van der Waals surface area contributed by atoms with Crippen LogP contribution in [0.25, 0.3) is 0 Å². The van der Waals surface area contributed by atoms with Crippen molar-refractivity contribution >= 4 is 11.9 Å². The third kappa shape index (κ3) is 3.45. The van der Waals surface area contributed by atoms with Gasteiger partial charge in [0.25, 0.3) is 0 Å². The first-order valence-corrected chi connectivity index (χ1v) is 6.36. The number of ether oxygens (including phenoxy) is 3. The largest absolute Gasteiger partial charge is 0.458 e. The number of rotatable bonds is 3. The molecule has 0 spiro atoms. The second-order valence-electron chi connectivity index (χ2n) is 4.80. The van der Waals surface area contributed by atoms with Gasteiger partial charge >= 0.3 is 11.9 Å². The fourth-order valence-corrected chi connectivity index (χ4v) is 2.28. The van der Waals surface area contributed by atoms with Crippen LogP contribution in [-0.2, 0) is 23.8 Å². The summed E-state index contributed by atoms with van der Waals surface area (Å²) in [6, 6.07) is 0. The predicted octanol–water partition coefficient (Wildman–Crippen LogP) is 1.68. The van der Waals surface area contributed by atoms with Gasteiger partial charge in [0.2, 0.25) is 0 Å². The van der Waals surface area contributed by atoms with Crippen molar-refractivity contribution in [2.24, 2.45) is 5.92 Å². The molecule has 0 saturated carbocycles. The van der Waals surface area contributed by atoms with E-state index >= 15 is 0 Å². The van der Waals surface area contributed by atoms with Gasteiger partial charge in [-0.05, 0) is 13.3 Å². The Morgan fingerprint density at radius 1 is 1.06 bits per heavy atom. The first-order valence-electron chi connectivity index (χ1n) is 6.36. The van der Waals surface area contributed by atoms with Crippen LogP contribution in [0.2, 0.25) is 0 Å². The van der Waals surface area contributed by atoms with Crippen molar-refractivity contribution < 1.29 is 23.8 Å². The summed E-state index contributed by atoms with van der Waals surface area (Å²) in [5.41, 5.74) is 0. The van der Waals surface area contributed by atoms with E-state index in [0.717, 1.165) is 0 Å². The van der Waals surface area contributed by atoms with Crippen molar-refractivity contribution in [3.63, 3.8) is 0 Å². The molecule has 0 radical (unpaired) electrons. The van der Waals surface area contributed by atoms with E-state index in [1.807, 2.05) is 20.8 Å². The molecule has 1 rings (SSSR count). The van der Waals surface area contributed by atoms with Crippen LogP contribution < -0.4 is 0 Å². The standard InChI is InChI=1S/C13H22O5/c1-6-11-13(18-10(5)15)12(17-9(4)14)7(2)8(3)16-11/h7-8,11-13H,6H2,1-5H3/t7?,8?,11?,12-,13-/m0/s1. The highest BCUT2D eigenvalue weighted by Crippen LogP contribution is 2.31. The lowest BCUT2D eigenvalue weighted by Gasteiger charge is -2.43. The van der Waals surface area contributed by atoms with E-state index in [-0.39, 0.29) is 30.1 Å². The van der Waals surface area contributed by atoms with Crippen molar-refractivity contribution in [2.45, 2.75) is 65.5 Å². The average Bonchev–Trinajstić information content (AvgIpc) is 2.27. The molecule has 0 aliphatic carbocycles. The minimum absolute atomic E-state index is 0.0129. The predicted molar refractivity (Wildman–Crippen MR) is 64.9 cm³/mol. The number of esters is 2. The van der Waals surface area contributed by atoms with Gasteiger partial charge in [-0.25, -0.2) is 0 Å². The molecule has 1 saturated heterocycles. The highest BCUT2D eigenvalue weighted by Gasteiger charge is 2.45. The summed E-state index contributed by atoms with van der Waals surface area (Å²) in [4.78, 5) is 22.4. The van der Waals surface area contributed by atoms with E-state index in [1.54, 1.807) is 0 Å². The minimum atomic E-state index is -0.525. The Morgan fingerprint density at radius 2 is 1.56 bits per heavy atom. The first kappa shape index (κ1) is 15.0. The van der Waals surface area contributed by atoms with Crippen molar-refractivity contribution in [1.82, 2.24) is 0 Å². The number of hydrogen-bond acceptors (Lipinski definition) is 5. The lowest BCUT2D eigenvalue weighted by molar-refractivity contribution is -0.220. The van der Waals surface area contributed by atoms with Gasteiger partial charge in [0.15, 0.2) is 6.10 Å². The zero-order chi connectivity index (χ0) is 13.9. The van der Waals surface area contributed by atoms with Gasteiger partial charge in [-0.15, -0.1) is 0 Å². The third-order valence-corrected chi connectivity index (χ3v) is 3.34. The topological polar surface area (TPSA) is 61.8 Å². The fourth-order valence-electron chi connectivity index (χ4n) is 2.28. The summed E-state index contributed by atoms with van der Waals surface area (Å²) in [7, 11) is 0. The lowest BCUT2D eigenvalue weighted by Crippen LogP contribution is -2.55. The van der Waals surface area contributed by atoms with Gasteiger partial charge in [0.1, 0.15) is 6.10 Å². The Hall–Kier alpha value is -1.10. The number of carbonyl (C=O) groups excluding carboxylic acids is 2. The molecular weight excluding hydrogens is 236 g/mol. The first-order chi connectivity index (χ1) is 8.36. The maximum atomic E-state index is 11.2. The van der Waals surface area contributed by atoms with E-state index in [2.05, 4.69) is 0 Å². The van der Waals surface area contributed by atoms with Gasteiger partial charge in [-0.2, -0.15) is 0 Å². The normalized spacial score (nSPS) is 35.9. The molecular formula is C13H22O5. The maximum absolute atomic E-state index is 11.2. The highest BCUT2D eigenvalue weighted by atomic mass is 16.6. The average molecular weight is 258 g/mol. The van der Waals surface area contributed by atoms with Crippen LogP contribution in [-0.4, -0.2) is 36.4 Å². The quantitative estimate of drug-likeness (QED) is 0.721. The SMILES string of the molecule is CCC1OC(C)C(C)[C@H](OC(C)=O)[C@H]1OC(C)=O. The monoisotopic (exact) mass is 258 g/mol. The fraction of sp³-hybridized carbons (Fsp3) is 0.846. The van der Waals surface area contributed by atoms with E-state index in [4.69, 9.17) is 14.2 Å². The molecule has 0 N–H and O–H groups in total. The number of carbonyl (C=O) groups is 2. The van der Waals surface area contributed by atoms with Crippen LogP contribution in [0.15, 0.2) is 0 Å². The summed E-state index contributed by atoms with van der Waals surface area (Å²) >= 11 is 0. The molecule has 1 heterocycles. The Morgan fingerprint density at radius 3 is 2.00 bits per heavy atom. The molecule has 0 amide bonds. The van der Waals surface area contributed by atoms with Gasteiger partial charge < -0.3 is 14.2 Å². The molecule has 1 aliphatic heterocycles. The highest BCUT2D eigenvalue weighted by molar-refractivity contribution is 5.67. The zero-order valence-electron chi connectivity index (χ0n) is 11.6. The molecule has 0 aromatic heterocycles.